The number of rotatable bonds is 3. The molecule has 0 spiro atoms. The second kappa shape index (κ2) is 7.31. The molecule has 3 aromatic carbocycles. The number of nitrogens with zero attached hydrogens (tertiary/aromatic N) is 3. The third-order valence-electron chi connectivity index (χ3n) is 5.94. The van der Waals surface area contributed by atoms with Crippen molar-refractivity contribution >= 4 is 56.7 Å². The number of benzene rings is 3. The van der Waals surface area contributed by atoms with Gasteiger partial charge in [0.15, 0.2) is 0 Å². The van der Waals surface area contributed by atoms with Crippen LogP contribution in [-0.2, 0) is 19.2 Å². The second-order valence-corrected chi connectivity index (χ2v) is 7.95. The molecule has 2 aliphatic rings. The summed E-state index contributed by atoms with van der Waals surface area (Å²) in [5.74, 6) is -1.58. The predicted molar refractivity (Wildman–Crippen MR) is 128 cm³/mol. The number of aromatic nitrogens is 1. The fraction of sp³-hybridized carbons (Fsp3) is 0. The summed E-state index contributed by atoms with van der Waals surface area (Å²) in [4.78, 5) is 55.9. The lowest BCUT2D eigenvalue weighted by Crippen LogP contribution is -2.29. The minimum absolute atomic E-state index is 0.391. The highest BCUT2D eigenvalue weighted by Gasteiger charge is 2.27. The number of amides is 4. The molecule has 0 unspecified atom stereocenters. The molecule has 34 heavy (non-hydrogen) atoms. The molecule has 0 saturated carbocycles. The Bertz CT molecular complexity index is 1600. The summed E-state index contributed by atoms with van der Waals surface area (Å²) in [6.07, 6.45) is 4.99. The summed E-state index contributed by atoms with van der Waals surface area (Å²) in [6.45, 7) is 0. The van der Waals surface area contributed by atoms with Crippen LogP contribution in [0.25, 0.3) is 32.9 Å². The van der Waals surface area contributed by atoms with E-state index in [1.807, 2.05) is 42.5 Å². The van der Waals surface area contributed by atoms with Gasteiger partial charge in [0.05, 0.1) is 22.6 Å². The molecule has 4 amide bonds. The smallest absolute Gasteiger partial charge is 0.258 e. The first-order valence-electron chi connectivity index (χ1n) is 10.6. The standard InChI is InChI=1S/C27H15N3O4/c31-23-10-11-24(32)29(23)17-6-8-19-20-9-7-18(30-25(33)12-13-26(30)34)15-22(20)28-27(21(19)14-17)16-4-2-1-3-5-16/h1-15H. The Labute approximate surface area is 193 Å². The molecule has 2 aliphatic heterocycles. The molecule has 0 bridgehead atoms. The van der Waals surface area contributed by atoms with Gasteiger partial charge in [-0.15, -0.1) is 0 Å². The maximum atomic E-state index is 12.2. The van der Waals surface area contributed by atoms with Crippen LogP contribution in [0.4, 0.5) is 11.4 Å². The predicted octanol–water partition coefficient (Wildman–Crippen LogP) is 3.91. The summed E-state index contributed by atoms with van der Waals surface area (Å²) < 4.78 is 0. The molecular weight excluding hydrogens is 430 g/mol. The monoisotopic (exact) mass is 445 g/mol. The van der Waals surface area contributed by atoms with E-state index in [1.165, 1.54) is 24.3 Å². The fourth-order valence-electron chi connectivity index (χ4n) is 4.39. The lowest BCUT2D eigenvalue weighted by Gasteiger charge is -2.18. The van der Waals surface area contributed by atoms with Gasteiger partial charge in [0.2, 0.25) is 0 Å². The molecule has 0 N–H and O–H groups in total. The van der Waals surface area contributed by atoms with E-state index in [9.17, 15) is 19.2 Å². The van der Waals surface area contributed by atoms with E-state index >= 15 is 0 Å². The van der Waals surface area contributed by atoms with Crippen LogP contribution in [0, 0.1) is 0 Å². The Morgan fingerprint density at radius 2 is 1.06 bits per heavy atom. The maximum Gasteiger partial charge on any atom is 0.258 e. The number of pyridine rings is 1. The molecule has 7 nitrogen and oxygen atoms in total. The van der Waals surface area contributed by atoms with Crippen LogP contribution in [-0.4, -0.2) is 28.6 Å². The molecule has 0 saturated heterocycles. The number of carbonyl (C=O) groups excluding carboxylic acids is 4. The molecule has 6 rings (SSSR count). The maximum absolute atomic E-state index is 12.2. The number of hydrogen-bond acceptors (Lipinski definition) is 5. The van der Waals surface area contributed by atoms with Gasteiger partial charge in [0.25, 0.3) is 23.6 Å². The van der Waals surface area contributed by atoms with E-state index in [2.05, 4.69) is 0 Å². The molecule has 7 heteroatoms. The number of anilines is 2. The fourth-order valence-corrected chi connectivity index (χ4v) is 4.39. The van der Waals surface area contributed by atoms with E-state index in [-0.39, 0.29) is 0 Å². The molecule has 0 aliphatic carbocycles. The first-order chi connectivity index (χ1) is 16.5. The summed E-state index contributed by atoms with van der Waals surface area (Å²) in [7, 11) is 0. The number of carbonyl (C=O) groups is 4. The first-order valence-corrected chi connectivity index (χ1v) is 10.6. The van der Waals surface area contributed by atoms with E-state index in [1.54, 1.807) is 24.3 Å². The lowest BCUT2D eigenvalue weighted by molar-refractivity contribution is -0.121. The van der Waals surface area contributed by atoms with E-state index < -0.39 is 23.6 Å². The first kappa shape index (κ1) is 19.8. The number of imide groups is 2. The zero-order valence-electron chi connectivity index (χ0n) is 17.6. The Balaban J connectivity index is 1.60. The van der Waals surface area contributed by atoms with Gasteiger partial charge < -0.3 is 0 Å². The average Bonchev–Trinajstić information content (AvgIpc) is 3.37. The number of fused-ring (bicyclic) bond motifs is 3. The second-order valence-electron chi connectivity index (χ2n) is 7.95. The Hall–Kier alpha value is -4.91. The topological polar surface area (TPSA) is 87.7 Å². The summed E-state index contributed by atoms with van der Waals surface area (Å²) >= 11 is 0. The minimum atomic E-state index is -0.397. The van der Waals surface area contributed by atoms with Gasteiger partial charge >= 0.3 is 0 Å². The molecule has 162 valence electrons. The zero-order valence-corrected chi connectivity index (χ0v) is 17.6. The van der Waals surface area contributed by atoms with Gasteiger partial charge in [0.1, 0.15) is 0 Å². The quantitative estimate of drug-likeness (QED) is 0.352. The lowest BCUT2D eigenvalue weighted by atomic mass is 9.99. The largest absolute Gasteiger partial charge is 0.269 e. The van der Waals surface area contributed by atoms with Crippen LogP contribution in [0.2, 0.25) is 0 Å². The highest BCUT2D eigenvalue weighted by Crippen LogP contribution is 2.37. The van der Waals surface area contributed by atoms with Crippen molar-refractivity contribution in [2.45, 2.75) is 0 Å². The average molecular weight is 445 g/mol. The minimum Gasteiger partial charge on any atom is -0.269 e. The van der Waals surface area contributed by atoms with Crippen molar-refractivity contribution in [2.75, 3.05) is 9.80 Å². The van der Waals surface area contributed by atoms with Gasteiger partial charge in [-0.05, 0) is 29.7 Å². The third kappa shape index (κ3) is 2.95. The highest BCUT2D eigenvalue weighted by molar-refractivity contribution is 6.29. The van der Waals surface area contributed by atoms with Crippen LogP contribution in [0.5, 0.6) is 0 Å². The van der Waals surface area contributed by atoms with E-state index in [0.29, 0.717) is 22.6 Å². The third-order valence-corrected chi connectivity index (χ3v) is 5.94. The molecule has 3 heterocycles. The number of hydrogen-bond donors (Lipinski definition) is 0. The van der Waals surface area contributed by atoms with Gasteiger partial charge in [-0.3, -0.25) is 19.2 Å². The molecule has 0 atom stereocenters. The van der Waals surface area contributed by atoms with Gasteiger partial charge in [-0.25, -0.2) is 14.8 Å². The molecular formula is C27H15N3O4. The Morgan fingerprint density at radius 3 is 1.65 bits per heavy atom. The van der Waals surface area contributed by atoms with Crippen molar-refractivity contribution < 1.29 is 19.2 Å². The van der Waals surface area contributed by atoms with Gasteiger partial charge in [0, 0.05) is 40.6 Å². The van der Waals surface area contributed by atoms with Crippen LogP contribution >= 0.6 is 0 Å². The SMILES string of the molecule is O=C1C=CC(=O)N1c1ccc2c(c1)nc(-c1ccccc1)c1cc(N3C(=O)C=CC3=O)ccc12. The van der Waals surface area contributed by atoms with Crippen LogP contribution < -0.4 is 9.80 Å². The summed E-state index contributed by atoms with van der Waals surface area (Å²) in [5, 5.41) is 2.45. The van der Waals surface area contributed by atoms with Crippen molar-refractivity contribution in [1.29, 1.82) is 0 Å². The Morgan fingerprint density at radius 1 is 0.529 bits per heavy atom. The van der Waals surface area contributed by atoms with Crippen molar-refractivity contribution in [3.05, 3.63) is 91.0 Å². The van der Waals surface area contributed by atoms with Crippen molar-refractivity contribution in [3.8, 4) is 11.3 Å². The van der Waals surface area contributed by atoms with E-state index in [4.69, 9.17) is 4.98 Å². The van der Waals surface area contributed by atoms with Crippen molar-refractivity contribution in [2.24, 2.45) is 0 Å². The molecule has 4 aromatic rings. The molecule has 1 aromatic heterocycles. The van der Waals surface area contributed by atoms with E-state index in [0.717, 1.165) is 31.5 Å². The Kier molecular flexibility index (Phi) is 4.25. The van der Waals surface area contributed by atoms with Crippen molar-refractivity contribution in [1.82, 2.24) is 4.98 Å². The van der Waals surface area contributed by atoms with Crippen molar-refractivity contribution in [3.63, 3.8) is 0 Å². The molecule has 0 radical (unpaired) electrons. The van der Waals surface area contributed by atoms with Crippen LogP contribution in [0.1, 0.15) is 0 Å². The summed E-state index contributed by atoms with van der Waals surface area (Å²) in [5.41, 5.74) is 3.02. The zero-order chi connectivity index (χ0) is 23.4. The van der Waals surface area contributed by atoms with Gasteiger partial charge in [-0.1, -0.05) is 42.5 Å². The summed E-state index contributed by atoms with van der Waals surface area (Å²) in [6, 6.07) is 20.2. The molecule has 0 fully saturated rings. The van der Waals surface area contributed by atoms with Crippen LogP contribution in [0.15, 0.2) is 91.0 Å². The highest BCUT2D eigenvalue weighted by atomic mass is 16.2. The van der Waals surface area contributed by atoms with Gasteiger partial charge in [-0.2, -0.15) is 0 Å². The van der Waals surface area contributed by atoms with Crippen LogP contribution in [0.3, 0.4) is 0 Å². The normalized spacial score (nSPS) is 15.5.